The second-order valence-electron chi connectivity index (χ2n) is 37.8. The van der Waals surface area contributed by atoms with E-state index in [9.17, 15) is 4.79 Å². The zero-order valence-corrected chi connectivity index (χ0v) is 103. The van der Waals surface area contributed by atoms with Gasteiger partial charge >= 0.3 is 228 Å². The van der Waals surface area contributed by atoms with Gasteiger partial charge in [-0.15, -0.1) is 68.0 Å². The predicted molar refractivity (Wildman–Crippen MR) is 613 cm³/mol. The Labute approximate surface area is 861 Å². The summed E-state index contributed by atoms with van der Waals surface area (Å²) in [6.07, 6.45) is 75.3. The molecule has 10 heterocycles. The van der Waals surface area contributed by atoms with Gasteiger partial charge in [-0.1, -0.05) is 274 Å². The summed E-state index contributed by atoms with van der Waals surface area (Å²) < 4.78 is 22.3. The molecule has 2 N–H and O–H groups in total. The fourth-order valence-electron chi connectivity index (χ4n) is 16.8. The Balaban J connectivity index is 0.000000280. The molecule has 20 heteroatoms. The van der Waals surface area contributed by atoms with Gasteiger partial charge in [0.15, 0.2) is 0 Å². The number of halogens is 6. The van der Waals surface area contributed by atoms with Gasteiger partial charge < -0.3 is 10.3 Å². The fraction of sp³-hybridized carbons (Fsp3) is 0.689. The van der Waals surface area contributed by atoms with Crippen molar-refractivity contribution < 1.29 is 4.79 Å². The van der Waals surface area contributed by atoms with Crippen LogP contribution in [0.2, 0.25) is 29.6 Å². The average molecular weight is 2480 g/mol. The van der Waals surface area contributed by atoms with Gasteiger partial charge in [0.05, 0.1) is 47.5 Å². The van der Waals surface area contributed by atoms with Gasteiger partial charge in [-0.05, 0) is 192 Å². The van der Waals surface area contributed by atoms with E-state index in [4.69, 9.17) is 5.73 Å². The van der Waals surface area contributed by atoms with Gasteiger partial charge in [-0.3, -0.25) is 4.79 Å². The summed E-state index contributed by atoms with van der Waals surface area (Å²) >= 11 is 32.0. The van der Waals surface area contributed by atoms with Crippen LogP contribution in [0.1, 0.15) is 427 Å². The van der Waals surface area contributed by atoms with Crippen LogP contribution < -0.4 is 11.5 Å². The minimum absolute atomic E-state index is 0.474. The van der Waals surface area contributed by atoms with Crippen molar-refractivity contribution in [2.75, 3.05) is 0 Å². The van der Waals surface area contributed by atoms with E-state index in [0.29, 0.717) is 23.9 Å². The van der Waals surface area contributed by atoms with E-state index in [1.807, 2.05) is 22.7 Å². The number of nitrogens with two attached hydrogens (primary N) is 1. The van der Waals surface area contributed by atoms with E-state index in [-0.39, 0.29) is 0 Å². The number of fused-ring (bicyclic) bond motifs is 6. The first-order chi connectivity index (χ1) is 60.9. The predicted octanol–water partition coefficient (Wildman–Crippen LogP) is 44.4. The van der Waals surface area contributed by atoms with Crippen LogP contribution in [0.3, 0.4) is 0 Å². The summed E-state index contributed by atoms with van der Waals surface area (Å²) in [5.74, 6) is 0.501. The molecule has 0 saturated heterocycles. The number of hydrogen-bond donors (Lipinski definition) is 1. The summed E-state index contributed by atoms with van der Waals surface area (Å²) in [6, 6.07) is 20.2. The zero-order valence-electron chi connectivity index (χ0n) is 81.2. The molecular weight excluding hydrogens is 2300 g/mol. The monoisotopic (exact) mass is 2470 g/mol. The molecule has 0 aromatic carbocycles. The molecule has 0 aliphatic carbocycles. The first-order valence-electron chi connectivity index (χ1n) is 50.6. The Bertz CT molecular complexity index is 4100. The molecule has 0 aliphatic rings. The van der Waals surface area contributed by atoms with Gasteiger partial charge in [0.2, 0.25) is 0 Å². The first-order valence-corrected chi connectivity index (χ1v) is 82.1. The van der Waals surface area contributed by atoms with Crippen molar-refractivity contribution in [3.05, 3.63) is 95.5 Å². The van der Waals surface area contributed by atoms with Crippen molar-refractivity contribution >= 4 is 275 Å². The number of unbranched alkanes of at least 4 members (excludes halogenated alkanes) is 40. The molecule has 0 atom stereocenters. The number of hydrogen-bond acceptors (Lipinski definition) is 10. The SMILES string of the molecule is Brc1cc(Br)c(-c2sc(Br)cc2Br)s1.Brc1ccsc1-c1sccc1Br.CCCCCCCCC(=O)CCCCCCCC.CCCCCCCCC(CCCCCCCC)n1c2c[c]([Sn]([CH3])([CH3])[CH3])sc2c2s[c]([Sn]([CH3])([CH3])[CH3])cc21.CCCCCCCCC(CCCCCCCC)n1c2ccsc2c2sccc21.CCCCCCCCC(N)CCCCCCCC. The summed E-state index contributed by atoms with van der Waals surface area (Å²) in [7, 11) is 0. The summed E-state index contributed by atoms with van der Waals surface area (Å²) in [4.78, 5) is 32.3. The van der Waals surface area contributed by atoms with E-state index in [1.165, 1.54) is 383 Å². The average Bonchev–Trinajstić information content (AvgIpc) is 1.57. The van der Waals surface area contributed by atoms with Crippen molar-refractivity contribution in [3.8, 4) is 19.5 Å². The molecule has 714 valence electrons. The zero-order chi connectivity index (χ0) is 91.8. The maximum Gasteiger partial charge on any atom is 0.0700 e. The van der Waals surface area contributed by atoms with E-state index in [1.54, 1.807) is 71.6 Å². The molecule has 0 bridgehead atoms. The molecule has 10 aromatic rings. The van der Waals surface area contributed by atoms with Crippen LogP contribution in [0.15, 0.2) is 95.5 Å². The second kappa shape index (κ2) is 70.9. The number of ketones is 1. The Hall–Kier alpha value is 1.31. The normalized spacial score (nSPS) is 11.8. The summed E-state index contributed by atoms with van der Waals surface area (Å²) in [6.45, 7) is 18.3. The van der Waals surface area contributed by atoms with E-state index in [0.717, 1.165) is 42.2 Å². The number of rotatable bonds is 62. The van der Waals surface area contributed by atoms with E-state index in [2.05, 4.69) is 282 Å². The molecule has 0 saturated carbocycles. The maximum absolute atomic E-state index is 11.6. The molecule has 4 nitrogen and oxygen atoms in total. The third kappa shape index (κ3) is 45.9. The molecule has 0 amide bonds. The number of Topliss-reactive ketones (excluding diaryl/α,β-unsaturated/α-hetero) is 1. The van der Waals surface area contributed by atoms with Crippen LogP contribution in [-0.4, -0.2) is 57.7 Å². The Morgan fingerprint density at radius 1 is 0.294 bits per heavy atom. The van der Waals surface area contributed by atoms with Crippen molar-refractivity contribution in [1.82, 2.24) is 9.13 Å². The largest absolute Gasteiger partial charge is 0.336 e. The Morgan fingerprint density at radius 2 is 0.548 bits per heavy atom. The first kappa shape index (κ1) is 118. The number of carbonyl (C=O) groups is 1. The molecule has 0 radical (unpaired) electrons. The second-order valence-corrected chi connectivity index (χ2v) is 82.7. The van der Waals surface area contributed by atoms with Crippen LogP contribution in [0.4, 0.5) is 0 Å². The molecule has 10 aromatic heterocycles. The Morgan fingerprint density at radius 3 is 0.802 bits per heavy atom. The summed E-state index contributed by atoms with van der Waals surface area (Å²) in [5, 5.41) is 8.75. The van der Waals surface area contributed by atoms with Gasteiger partial charge in [-0.25, -0.2) is 0 Å². The van der Waals surface area contributed by atoms with E-state index >= 15 is 0 Å². The minimum Gasteiger partial charge on any atom is -0.336 e. The van der Waals surface area contributed by atoms with Gasteiger partial charge in [-0.2, -0.15) is 0 Å². The van der Waals surface area contributed by atoms with Crippen LogP contribution in [-0.2, 0) is 4.79 Å². The van der Waals surface area contributed by atoms with Gasteiger partial charge in [0.25, 0.3) is 0 Å². The number of nitrogens with zero attached hydrogens (tertiary/aromatic N) is 2. The number of carbonyl (C=O) groups excluding carboxylic acids is 1. The van der Waals surface area contributed by atoms with Crippen molar-refractivity contribution in [1.29, 1.82) is 0 Å². The minimum atomic E-state index is -2.11. The van der Waals surface area contributed by atoms with Crippen LogP contribution >= 0.6 is 186 Å². The fourth-order valence-corrected chi connectivity index (χ4v) is 40.8. The molecule has 0 spiro atoms. The smallest absolute Gasteiger partial charge is 0.0700 e. The Kier molecular flexibility index (Phi) is 66.2. The van der Waals surface area contributed by atoms with Crippen LogP contribution in [0.5, 0.6) is 0 Å². The molecule has 10 rings (SSSR count). The number of thiophene rings is 8. The van der Waals surface area contributed by atoms with Crippen molar-refractivity contribution in [3.63, 3.8) is 0 Å². The summed E-state index contributed by atoms with van der Waals surface area (Å²) in [5.41, 5.74) is 12.3. The molecule has 0 unspecified atom stereocenters. The van der Waals surface area contributed by atoms with Crippen molar-refractivity contribution in [2.24, 2.45) is 5.73 Å². The number of aromatic nitrogens is 2. The van der Waals surface area contributed by atoms with Crippen LogP contribution in [0, 0.1) is 0 Å². The maximum atomic E-state index is 11.6. The molecular formula is C106H171Br6N3OS8Sn2. The third-order valence-electron chi connectivity index (χ3n) is 24.4. The molecule has 0 fully saturated rings. The third-order valence-corrected chi connectivity index (χ3v) is 56.7. The quantitative estimate of drug-likeness (QED) is 0.0305. The van der Waals surface area contributed by atoms with E-state index < -0.39 is 36.8 Å². The van der Waals surface area contributed by atoms with Crippen LogP contribution in [0.25, 0.3) is 60.4 Å². The van der Waals surface area contributed by atoms with Crippen molar-refractivity contribution in [2.45, 2.75) is 463 Å². The van der Waals surface area contributed by atoms with Gasteiger partial charge in [0, 0.05) is 42.8 Å². The molecule has 126 heavy (non-hydrogen) atoms. The standard InChI is InChI=1S/C25H39NS2.C25H37NS2.C17H37N.C17H34O.C8H2Br4S2.C8H4Br2S2.6CH3.2Sn/c2*1-3-5-7-9-11-13-15-21(16-14-12-10-8-6-4-2)26-22-17-19-27-24(22)25-23(26)18-20-28-25;2*1-3-5-7-9-11-13-15-17(18)16-14-12-10-8-6-4-2;9-3-1-5(11)13-7(3)8-4(10)2-6(12)14-8;9-5-1-3-11-7(5)8-6(10)2-4-12-8;;;;;;;;/h17-21H,3-16H2,1-2H3;17-18,21H,3-16H2,1-2H3;17H,3-16,18H2,1-2H3;3-16H2,1-2H3;1-2H;1-4H;6*1H3;;. The topological polar surface area (TPSA) is 53.0 Å². The molecule has 0 aliphatic heterocycles. The van der Waals surface area contributed by atoms with Gasteiger partial charge in [0.1, 0.15) is 5.78 Å².